The Morgan fingerprint density at radius 3 is 2.95 bits per heavy atom. The van der Waals surface area contributed by atoms with E-state index in [9.17, 15) is 4.79 Å². The fourth-order valence-electron chi connectivity index (χ4n) is 1.85. The summed E-state index contributed by atoms with van der Waals surface area (Å²) in [5, 5.41) is 3.97. The largest absolute Gasteiger partial charge is 0.350 e. The lowest BCUT2D eigenvalue weighted by atomic mass is 10.1. The molecule has 1 atom stereocenters. The summed E-state index contributed by atoms with van der Waals surface area (Å²) < 4.78 is 1.99. The summed E-state index contributed by atoms with van der Waals surface area (Å²) in [6.45, 7) is 4.07. The Morgan fingerprint density at radius 2 is 2.29 bits per heavy atom. The predicted molar refractivity (Wildman–Crippen MR) is 86.4 cm³/mol. The van der Waals surface area contributed by atoms with E-state index in [4.69, 9.17) is 0 Å². The van der Waals surface area contributed by atoms with E-state index in [2.05, 4.69) is 17.2 Å². The van der Waals surface area contributed by atoms with Crippen LogP contribution in [0, 0.1) is 0 Å². The Labute approximate surface area is 130 Å². The van der Waals surface area contributed by atoms with Gasteiger partial charge in [-0.1, -0.05) is 30.8 Å². The molecule has 0 spiro atoms. The van der Waals surface area contributed by atoms with Crippen molar-refractivity contribution in [1.82, 2.24) is 14.9 Å². The first-order valence-corrected chi connectivity index (χ1v) is 8.08. The number of hydrogen-bond acceptors (Lipinski definition) is 3. The summed E-state index contributed by atoms with van der Waals surface area (Å²) in [5.41, 5.74) is 1.84. The van der Waals surface area contributed by atoms with Crippen LogP contribution in [-0.2, 0) is 12.8 Å². The molecule has 0 aliphatic rings. The number of imidazole rings is 1. The van der Waals surface area contributed by atoms with Crippen molar-refractivity contribution in [3.63, 3.8) is 0 Å². The van der Waals surface area contributed by atoms with Crippen molar-refractivity contribution in [3.8, 4) is 0 Å². The number of nitrogens with one attached hydrogen (secondary N) is 1. The minimum atomic E-state index is -0.00630. The van der Waals surface area contributed by atoms with E-state index in [0.29, 0.717) is 5.56 Å². The highest BCUT2D eigenvalue weighted by molar-refractivity contribution is 7.98. The normalized spacial score (nSPS) is 12.1. The van der Waals surface area contributed by atoms with Gasteiger partial charge in [-0.2, -0.15) is 0 Å². The number of amides is 1. The number of aromatic nitrogens is 2. The molecule has 1 unspecified atom stereocenters. The first-order valence-electron chi connectivity index (χ1n) is 7.10. The Morgan fingerprint density at radius 1 is 1.48 bits per heavy atom. The molecule has 0 bridgehead atoms. The molecule has 4 nitrogen and oxygen atoms in total. The maximum Gasteiger partial charge on any atom is 0.251 e. The summed E-state index contributed by atoms with van der Waals surface area (Å²) in [6.07, 6.45) is 4.65. The molecule has 0 saturated heterocycles. The van der Waals surface area contributed by atoms with Crippen molar-refractivity contribution in [3.05, 3.63) is 47.8 Å². The number of thioether (sulfide) groups is 1. The third-order valence-corrected chi connectivity index (χ3v) is 4.45. The van der Waals surface area contributed by atoms with E-state index in [1.54, 1.807) is 18.0 Å². The van der Waals surface area contributed by atoms with Gasteiger partial charge in [0.15, 0.2) is 5.16 Å². The summed E-state index contributed by atoms with van der Waals surface area (Å²) in [4.78, 5) is 16.4. The number of rotatable bonds is 6. The van der Waals surface area contributed by atoms with Crippen molar-refractivity contribution in [2.75, 3.05) is 0 Å². The Balaban J connectivity index is 2.00. The minimum absolute atomic E-state index is 0.00630. The molecular weight excluding hydrogens is 282 g/mol. The van der Waals surface area contributed by atoms with Crippen molar-refractivity contribution in [1.29, 1.82) is 0 Å². The van der Waals surface area contributed by atoms with E-state index < -0.39 is 0 Å². The third-order valence-electron chi connectivity index (χ3n) is 3.32. The molecule has 1 aromatic heterocycles. The Bertz CT molecular complexity index is 609. The summed E-state index contributed by atoms with van der Waals surface area (Å²) >= 11 is 1.67. The van der Waals surface area contributed by atoms with Crippen molar-refractivity contribution >= 4 is 17.7 Å². The van der Waals surface area contributed by atoms with E-state index >= 15 is 0 Å². The lowest BCUT2D eigenvalue weighted by molar-refractivity contribution is 0.0939. The SMILES string of the molecule is CCC(C)NC(=O)c1cccc(CSc2nccn2C)c1. The van der Waals surface area contributed by atoms with Crippen LogP contribution in [0.15, 0.2) is 41.8 Å². The molecule has 2 aromatic rings. The third kappa shape index (κ3) is 4.36. The highest BCUT2D eigenvalue weighted by atomic mass is 32.2. The first kappa shape index (κ1) is 15.6. The van der Waals surface area contributed by atoms with Gasteiger partial charge in [-0.15, -0.1) is 0 Å². The average Bonchev–Trinajstić information content (AvgIpc) is 2.90. The van der Waals surface area contributed by atoms with E-state index in [0.717, 1.165) is 22.9 Å². The highest BCUT2D eigenvalue weighted by Crippen LogP contribution is 2.21. The Kier molecular flexibility index (Phi) is 5.44. The predicted octanol–water partition coefficient (Wildman–Crippen LogP) is 3.24. The fraction of sp³-hybridized carbons (Fsp3) is 0.375. The topological polar surface area (TPSA) is 46.9 Å². The molecule has 1 heterocycles. The van der Waals surface area contributed by atoms with Gasteiger partial charge < -0.3 is 9.88 Å². The number of hydrogen-bond donors (Lipinski definition) is 1. The van der Waals surface area contributed by atoms with Crippen LogP contribution < -0.4 is 5.32 Å². The maximum absolute atomic E-state index is 12.1. The average molecular weight is 303 g/mol. The molecule has 5 heteroatoms. The van der Waals surface area contributed by atoms with Crippen LogP contribution in [0.25, 0.3) is 0 Å². The number of benzene rings is 1. The van der Waals surface area contributed by atoms with Gasteiger partial charge in [0, 0.05) is 36.8 Å². The van der Waals surface area contributed by atoms with Gasteiger partial charge in [0.05, 0.1) is 0 Å². The zero-order valence-electron chi connectivity index (χ0n) is 12.7. The Hall–Kier alpha value is -1.75. The van der Waals surface area contributed by atoms with Gasteiger partial charge in [0.2, 0.25) is 0 Å². The standard InChI is InChI=1S/C16H21N3OS/c1-4-12(2)18-15(20)14-7-5-6-13(10-14)11-21-16-17-8-9-19(16)3/h5-10,12H,4,11H2,1-3H3,(H,18,20). The fourth-order valence-corrected chi connectivity index (χ4v) is 2.73. The van der Waals surface area contributed by atoms with E-state index in [1.807, 2.05) is 49.0 Å². The molecule has 0 radical (unpaired) electrons. The van der Waals surface area contributed by atoms with Crippen LogP contribution >= 0.6 is 11.8 Å². The molecule has 112 valence electrons. The van der Waals surface area contributed by atoms with Crippen LogP contribution in [0.4, 0.5) is 0 Å². The van der Waals surface area contributed by atoms with Gasteiger partial charge in [-0.05, 0) is 31.0 Å². The second-order valence-corrected chi connectivity index (χ2v) is 6.04. The molecule has 0 aliphatic heterocycles. The second kappa shape index (κ2) is 7.31. The smallest absolute Gasteiger partial charge is 0.251 e. The first-order chi connectivity index (χ1) is 10.1. The van der Waals surface area contributed by atoms with Crippen LogP contribution in [0.1, 0.15) is 36.2 Å². The monoisotopic (exact) mass is 303 g/mol. The number of carbonyl (C=O) groups excluding carboxylic acids is 1. The van der Waals surface area contributed by atoms with Crippen molar-refractivity contribution in [2.45, 2.75) is 37.2 Å². The van der Waals surface area contributed by atoms with Crippen LogP contribution in [0.3, 0.4) is 0 Å². The summed E-state index contributed by atoms with van der Waals surface area (Å²) in [6, 6.07) is 7.97. The van der Waals surface area contributed by atoms with Crippen LogP contribution in [0.2, 0.25) is 0 Å². The van der Waals surface area contributed by atoms with Gasteiger partial charge >= 0.3 is 0 Å². The van der Waals surface area contributed by atoms with Crippen LogP contribution in [-0.4, -0.2) is 21.5 Å². The molecular formula is C16H21N3OS. The molecule has 0 aliphatic carbocycles. The molecule has 1 aromatic carbocycles. The number of nitrogens with zero attached hydrogens (tertiary/aromatic N) is 2. The number of carbonyl (C=O) groups is 1. The molecule has 0 saturated carbocycles. The molecule has 1 amide bonds. The number of aryl methyl sites for hydroxylation is 1. The molecule has 0 fully saturated rings. The zero-order valence-corrected chi connectivity index (χ0v) is 13.5. The minimum Gasteiger partial charge on any atom is -0.350 e. The maximum atomic E-state index is 12.1. The van der Waals surface area contributed by atoms with Gasteiger partial charge in [-0.3, -0.25) is 4.79 Å². The second-order valence-electron chi connectivity index (χ2n) is 5.09. The van der Waals surface area contributed by atoms with Gasteiger partial charge in [0.1, 0.15) is 0 Å². The van der Waals surface area contributed by atoms with E-state index in [1.165, 1.54) is 0 Å². The lowest BCUT2D eigenvalue weighted by Gasteiger charge is -2.12. The van der Waals surface area contributed by atoms with Gasteiger partial charge in [0.25, 0.3) is 5.91 Å². The highest BCUT2D eigenvalue weighted by Gasteiger charge is 2.09. The van der Waals surface area contributed by atoms with Gasteiger partial charge in [-0.25, -0.2) is 4.98 Å². The summed E-state index contributed by atoms with van der Waals surface area (Å²) in [5.74, 6) is 0.795. The van der Waals surface area contributed by atoms with Crippen LogP contribution in [0.5, 0.6) is 0 Å². The van der Waals surface area contributed by atoms with E-state index in [-0.39, 0.29) is 11.9 Å². The zero-order chi connectivity index (χ0) is 15.2. The quantitative estimate of drug-likeness (QED) is 0.833. The summed E-state index contributed by atoms with van der Waals surface area (Å²) in [7, 11) is 1.98. The molecule has 21 heavy (non-hydrogen) atoms. The van der Waals surface area contributed by atoms with Crippen molar-refractivity contribution in [2.24, 2.45) is 7.05 Å². The molecule has 1 N–H and O–H groups in total. The lowest BCUT2D eigenvalue weighted by Crippen LogP contribution is -2.31. The molecule has 2 rings (SSSR count). The van der Waals surface area contributed by atoms with Crippen molar-refractivity contribution < 1.29 is 4.79 Å².